The highest BCUT2D eigenvalue weighted by Gasteiger charge is 2.37. The van der Waals surface area contributed by atoms with Crippen LogP contribution in [0.15, 0.2) is 0 Å². The lowest BCUT2D eigenvalue weighted by atomic mass is 10.3. The number of hydrogen-bond acceptors (Lipinski definition) is 6. The van der Waals surface area contributed by atoms with E-state index in [1.54, 1.807) is 0 Å². The second-order valence-corrected chi connectivity index (χ2v) is 3.12. The van der Waals surface area contributed by atoms with Crippen LogP contribution in [0.1, 0.15) is 22.9 Å². The summed E-state index contributed by atoms with van der Waals surface area (Å²) in [6.45, 7) is -0.670. The molecule has 0 saturated carbocycles. The summed E-state index contributed by atoms with van der Waals surface area (Å²) in [6.07, 6.45) is -5.87. The highest BCUT2D eigenvalue weighted by molar-refractivity contribution is 5.86. The molecule has 100 valence electrons. The molecule has 0 aliphatic rings. The van der Waals surface area contributed by atoms with E-state index < -0.39 is 31.0 Å². The van der Waals surface area contributed by atoms with E-state index in [2.05, 4.69) is 19.9 Å². The molecule has 7 nitrogen and oxygen atoms in total. The molecule has 1 rings (SSSR count). The van der Waals surface area contributed by atoms with Crippen LogP contribution < -0.4 is 5.73 Å². The minimum absolute atomic E-state index is 0.0207. The first-order valence-electron chi connectivity index (χ1n) is 4.73. The number of nitrogens with two attached hydrogens (primary N) is 1. The van der Waals surface area contributed by atoms with Crippen LogP contribution in [0.2, 0.25) is 0 Å². The minimum Gasteiger partial charge on any atom is -0.459 e. The van der Waals surface area contributed by atoms with E-state index in [9.17, 15) is 22.8 Å². The number of hydrogen-bond donors (Lipinski definition) is 2. The van der Waals surface area contributed by atoms with Crippen LogP contribution >= 0.6 is 0 Å². The molecule has 1 heterocycles. The van der Waals surface area contributed by atoms with Gasteiger partial charge in [-0.25, -0.2) is 9.78 Å². The fourth-order valence-electron chi connectivity index (χ4n) is 0.921. The molecule has 0 atom stereocenters. The molecule has 1 aromatic heterocycles. The van der Waals surface area contributed by atoms with Crippen LogP contribution in [0.5, 0.6) is 0 Å². The number of alkyl halides is 3. The van der Waals surface area contributed by atoms with Gasteiger partial charge < -0.3 is 10.5 Å². The lowest BCUT2D eigenvalue weighted by Crippen LogP contribution is -2.24. The Kier molecular flexibility index (Phi) is 4.37. The van der Waals surface area contributed by atoms with Crippen molar-refractivity contribution in [2.45, 2.75) is 19.1 Å². The van der Waals surface area contributed by atoms with Crippen LogP contribution in [-0.2, 0) is 16.1 Å². The summed E-state index contributed by atoms with van der Waals surface area (Å²) in [5.41, 5.74) is 5.20. The first kappa shape index (κ1) is 14.1. The molecule has 0 fully saturated rings. The maximum atomic E-state index is 11.8. The van der Waals surface area contributed by atoms with Gasteiger partial charge in [0.1, 0.15) is 5.82 Å². The average Bonchev–Trinajstić information content (AvgIpc) is 2.75. The Balaban J connectivity index is 2.40. The summed E-state index contributed by atoms with van der Waals surface area (Å²) >= 11 is 0. The highest BCUT2D eigenvalue weighted by Crippen LogP contribution is 2.17. The number of halogens is 3. The number of nitrogens with one attached hydrogen (secondary N) is 1. The maximum Gasteiger partial charge on any atom is 0.450 e. The van der Waals surface area contributed by atoms with Crippen LogP contribution in [0.3, 0.4) is 0 Å². The first-order valence-corrected chi connectivity index (χ1v) is 4.73. The molecule has 3 N–H and O–H groups in total. The van der Waals surface area contributed by atoms with Gasteiger partial charge in [0.25, 0.3) is 5.82 Å². The number of aromatic amines is 1. The number of rotatable bonds is 5. The third kappa shape index (κ3) is 3.80. The topological polar surface area (TPSA) is 111 Å². The Morgan fingerprint density at radius 1 is 1.39 bits per heavy atom. The number of esters is 1. The van der Waals surface area contributed by atoms with E-state index in [4.69, 9.17) is 5.73 Å². The third-order valence-corrected chi connectivity index (χ3v) is 1.79. The van der Waals surface area contributed by atoms with Gasteiger partial charge in [-0.05, 0) is 0 Å². The van der Waals surface area contributed by atoms with Gasteiger partial charge in [-0.2, -0.15) is 13.2 Å². The smallest absolute Gasteiger partial charge is 0.450 e. The molecule has 10 heteroatoms. The number of ketones is 1. The van der Waals surface area contributed by atoms with Gasteiger partial charge in [0, 0.05) is 0 Å². The largest absolute Gasteiger partial charge is 0.459 e. The minimum atomic E-state index is -4.93. The van der Waals surface area contributed by atoms with E-state index in [0.717, 1.165) is 0 Å². The molecule has 0 radical (unpaired) electrons. The molecule has 0 saturated heterocycles. The normalized spacial score (nSPS) is 11.3. The predicted molar refractivity (Wildman–Crippen MR) is 50.2 cm³/mol. The monoisotopic (exact) mass is 266 g/mol. The zero-order valence-corrected chi connectivity index (χ0v) is 8.95. The molecule has 0 bridgehead atoms. The summed E-state index contributed by atoms with van der Waals surface area (Å²) in [6, 6.07) is 0. The van der Waals surface area contributed by atoms with Crippen LogP contribution in [0.4, 0.5) is 13.2 Å². The molecule has 0 spiro atoms. The van der Waals surface area contributed by atoms with Gasteiger partial charge in [-0.3, -0.25) is 9.89 Å². The van der Waals surface area contributed by atoms with E-state index >= 15 is 0 Å². The predicted octanol–water partition coefficient (Wildman–Crippen LogP) is -0.0583. The van der Waals surface area contributed by atoms with E-state index in [1.807, 2.05) is 0 Å². The Morgan fingerprint density at radius 2 is 2.06 bits per heavy atom. The third-order valence-electron chi connectivity index (χ3n) is 1.79. The van der Waals surface area contributed by atoms with Gasteiger partial charge >= 0.3 is 12.1 Å². The molecule has 0 amide bonds. The zero-order chi connectivity index (χ0) is 13.8. The molecular weight excluding hydrogens is 257 g/mol. The molecule has 0 unspecified atom stereocenters. The fraction of sp³-hybridized carbons (Fsp3) is 0.500. The fourth-order valence-corrected chi connectivity index (χ4v) is 0.921. The highest BCUT2D eigenvalue weighted by atomic mass is 19.4. The van der Waals surface area contributed by atoms with Crippen LogP contribution in [0, 0.1) is 0 Å². The van der Waals surface area contributed by atoms with E-state index in [1.165, 1.54) is 0 Å². The molecule has 0 aliphatic heterocycles. The lowest BCUT2D eigenvalue weighted by molar-refractivity contribution is -0.171. The van der Waals surface area contributed by atoms with Crippen molar-refractivity contribution in [3.63, 3.8) is 0 Å². The summed E-state index contributed by atoms with van der Waals surface area (Å²) in [5, 5.41) is 5.76. The van der Waals surface area contributed by atoms with E-state index in [-0.39, 0.29) is 18.2 Å². The lowest BCUT2D eigenvalue weighted by Gasteiger charge is -2.04. The van der Waals surface area contributed by atoms with Gasteiger partial charge in [-0.15, -0.1) is 5.10 Å². The second kappa shape index (κ2) is 5.58. The molecule has 18 heavy (non-hydrogen) atoms. The zero-order valence-electron chi connectivity index (χ0n) is 8.95. The first-order chi connectivity index (χ1) is 8.34. The Morgan fingerprint density at radius 3 is 2.56 bits per heavy atom. The van der Waals surface area contributed by atoms with Crippen molar-refractivity contribution in [1.82, 2.24) is 15.2 Å². The van der Waals surface area contributed by atoms with E-state index in [0.29, 0.717) is 0 Å². The summed E-state index contributed by atoms with van der Waals surface area (Å²) in [7, 11) is 0. The number of nitrogens with zero attached hydrogens (tertiary/aromatic N) is 2. The Bertz CT molecular complexity index is 443. The van der Waals surface area contributed by atoms with Crippen molar-refractivity contribution >= 4 is 11.8 Å². The van der Waals surface area contributed by atoms with Crippen molar-refractivity contribution in [1.29, 1.82) is 0 Å². The molecule has 0 aliphatic carbocycles. The molecule has 0 aromatic carbocycles. The standard InChI is InChI=1S/C8H9F3N4O3/c9-8(10,11)4(16)1-2-18-7(17)6-13-5(3-12)14-15-6/h1-3,12H2,(H,13,14,15). The Labute approximate surface area is 98.5 Å². The number of H-pyrrole nitrogens is 1. The van der Waals surface area contributed by atoms with Crippen molar-refractivity contribution in [3.05, 3.63) is 11.6 Å². The van der Waals surface area contributed by atoms with Crippen molar-refractivity contribution in [2.24, 2.45) is 5.73 Å². The van der Waals surface area contributed by atoms with Gasteiger partial charge in [-0.1, -0.05) is 0 Å². The van der Waals surface area contributed by atoms with Gasteiger partial charge in [0.2, 0.25) is 5.78 Å². The van der Waals surface area contributed by atoms with Crippen molar-refractivity contribution in [3.8, 4) is 0 Å². The van der Waals surface area contributed by atoms with Crippen LogP contribution in [0.25, 0.3) is 0 Å². The van der Waals surface area contributed by atoms with Crippen LogP contribution in [-0.4, -0.2) is 39.7 Å². The maximum absolute atomic E-state index is 11.8. The van der Waals surface area contributed by atoms with Crippen molar-refractivity contribution < 1.29 is 27.5 Å². The average molecular weight is 266 g/mol. The SMILES string of the molecule is NCc1nc(C(=O)OCCC(=O)C(F)(F)F)n[nH]1. The molecule has 1 aromatic rings. The van der Waals surface area contributed by atoms with Gasteiger partial charge in [0.05, 0.1) is 19.6 Å². The van der Waals surface area contributed by atoms with Crippen molar-refractivity contribution in [2.75, 3.05) is 6.61 Å². The number of carbonyl (C=O) groups excluding carboxylic acids is 2. The summed E-state index contributed by atoms with van der Waals surface area (Å²) in [5.74, 6) is -3.11. The summed E-state index contributed by atoms with van der Waals surface area (Å²) < 4.78 is 39.8. The molecular formula is C8H9F3N4O3. The number of Topliss-reactive ketones (excluding diaryl/α,β-unsaturated/α-hetero) is 1. The number of aromatic nitrogens is 3. The summed E-state index contributed by atoms with van der Waals surface area (Å²) in [4.78, 5) is 25.3. The van der Waals surface area contributed by atoms with Gasteiger partial charge in [0.15, 0.2) is 0 Å². The number of carbonyl (C=O) groups is 2. The number of ether oxygens (including phenoxy) is 1. The quantitative estimate of drug-likeness (QED) is 0.722. The second-order valence-electron chi connectivity index (χ2n) is 3.12. The Hall–Kier alpha value is -1.97.